The molecule has 21 heavy (non-hydrogen) atoms. The molecule has 1 aromatic carbocycles. The van der Waals surface area contributed by atoms with Gasteiger partial charge in [0.15, 0.2) is 17.5 Å². The van der Waals surface area contributed by atoms with Crippen LogP contribution in [0.2, 0.25) is 0 Å². The van der Waals surface area contributed by atoms with Crippen LogP contribution in [-0.4, -0.2) is 36.9 Å². The summed E-state index contributed by atoms with van der Waals surface area (Å²) in [7, 11) is 0. The topological polar surface area (TPSA) is 65.9 Å². The van der Waals surface area contributed by atoms with Gasteiger partial charge in [0.05, 0.1) is 12.6 Å². The van der Waals surface area contributed by atoms with Crippen molar-refractivity contribution in [3.8, 4) is 5.75 Å². The Morgan fingerprint density at radius 2 is 2.33 bits per heavy atom. The van der Waals surface area contributed by atoms with Crippen molar-refractivity contribution in [1.29, 1.82) is 0 Å². The Morgan fingerprint density at radius 3 is 3.00 bits per heavy atom. The fraction of sp³-hybridized carbons (Fsp3) is 0.533. The number of hydrogen-bond donors (Lipinski definition) is 3. The molecular weight excluding hydrogens is 273 g/mol. The van der Waals surface area contributed by atoms with Gasteiger partial charge in [-0.3, -0.25) is 0 Å². The molecule has 2 rings (SSSR count). The molecule has 5 nitrogen and oxygen atoms in total. The number of guanidine groups is 1. The number of aromatic hydroxyl groups is 1. The van der Waals surface area contributed by atoms with Crippen molar-refractivity contribution in [3.05, 3.63) is 29.6 Å². The van der Waals surface area contributed by atoms with E-state index in [4.69, 9.17) is 9.84 Å². The number of phenolic OH excluding ortho intramolecular Hbond substituents is 1. The van der Waals surface area contributed by atoms with Gasteiger partial charge in [0.2, 0.25) is 0 Å². The van der Waals surface area contributed by atoms with E-state index in [1.807, 2.05) is 6.92 Å². The molecule has 0 radical (unpaired) electrons. The maximum atomic E-state index is 13.3. The largest absolute Gasteiger partial charge is 0.505 e. The lowest BCUT2D eigenvalue weighted by Crippen LogP contribution is -2.41. The van der Waals surface area contributed by atoms with Crippen molar-refractivity contribution in [2.75, 3.05) is 19.7 Å². The van der Waals surface area contributed by atoms with Crippen LogP contribution in [0.1, 0.15) is 25.3 Å². The first-order valence-corrected chi connectivity index (χ1v) is 7.30. The maximum absolute atomic E-state index is 13.3. The summed E-state index contributed by atoms with van der Waals surface area (Å²) in [6, 6.07) is 4.29. The Hall–Kier alpha value is -1.82. The lowest BCUT2D eigenvalue weighted by atomic mass is 10.2. The summed E-state index contributed by atoms with van der Waals surface area (Å²) in [5.41, 5.74) is 0.708. The van der Waals surface area contributed by atoms with E-state index in [0.29, 0.717) is 18.1 Å². The number of nitrogens with zero attached hydrogens (tertiary/aromatic N) is 1. The highest BCUT2D eigenvalue weighted by atomic mass is 19.1. The van der Waals surface area contributed by atoms with Crippen LogP contribution >= 0.6 is 0 Å². The summed E-state index contributed by atoms with van der Waals surface area (Å²) < 4.78 is 18.8. The number of halogens is 1. The molecule has 1 unspecified atom stereocenters. The summed E-state index contributed by atoms with van der Waals surface area (Å²) in [6.45, 7) is 4.63. The molecule has 6 heteroatoms. The van der Waals surface area contributed by atoms with Crippen molar-refractivity contribution in [1.82, 2.24) is 10.6 Å². The number of rotatable bonds is 5. The third-order valence-electron chi connectivity index (χ3n) is 3.30. The van der Waals surface area contributed by atoms with Gasteiger partial charge in [-0.25, -0.2) is 9.38 Å². The molecule has 0 aromatic heterocycles. The first kappa shape index (κ1) is 15.6. The van der Waals surface area contributed by atoms with Crippen LogP contribution in [0.15, 0.2) is 23.2 Å². The SMILES string of the molecule is CCNC(=NCc1ccc(O)c(F)c1)NCC1CCCO1. The number of nitrogens with one attached hydrogen (secondary N) is 2. The van der Waals surface area contributed by atoms with E-state index in [1.54, 1.807) is 6.07 Å². The van der Waals surface area contributed by atoms with E-state index in [-0.39, 0.29) is 11.9 Å². The third kappa shape index (κ3) is 4.90. The predicted octanol–water partition coefficient (Wildman–Crippen LogP) is 1.77. The minimum atomic E-state index is -0.625. The highest BCUT2D eigenvalue weighted by molar-refractivity contribution is 5.79. The van der Waals surface area contributed by atoms with Gasteiger partial charge in [-0.05, 0) is 37.5 Å². The van der Waals surface area contributed by atoms with Crippen LogP contribution in [0.5, 0.6) is 5.75 Å². The van der Waals surface area contributed by atoms with Crippen LogP contribution in [0.3, 0.4) is 0 Å². The molecule has 1 aliphatic rings. The van der Waals surface area contributed by atoms with E-state index in [2.05, 4.69) is 15.6 Å². The monoisotopic (exact) mass is 295 g/mol. The van der Waals surface area contributed by atoms with E-state index in [1.165, 1.54) is 12.1 Å². The van der Waals surface area contributed by atoms with Crippen LogP contribution in [0, 0.1) is 5.82 Å². The number of benzene rings is 1. The Balaban J connectivity index is 1.90. The molecule has 0 amide bonds. The molecular formula is C15H22FN3O2. The fourth-order valence-corrected chi connectivity index (χ4v) is 2.18. The number of ether oxygens (including phenoxy) is 1. The van der Waals surface area contributed by atoms with Crippen LogP contribution in [0.25, 0.3) is 0 Å². The van der Waals surface area contributed by atoms with Crippen LogP contribution in [0.4, 0.5) is 4.39 Å². The van der Waals surface area contributed by atoms with E-state index in [0.717, 1.165) is 32.5 Å². The predicted molar refractivity (Wildman–Crippen MR) is 79.9 cm³/mol. The van der Waals surface area contributed by atoms with Crippen LogP contribution < -0.4 is 10.6 Å². The van der Waals surface area contributed by atoms with Gasteiger partial charge in [0.25, 0.3) is 0 Å². The lowest BCUT2D eigenvalue weighted by Gasteiger charge is -2.14. The molecule has 1 saturated heterocycles. The molecule has 3 N–H and O–H groups in total. The van der Waals surface area contributed by atoms with Gasteiger partial charge < -0.3 is 20.5 Å². The van der Waals surface area contributed by atoms with Gasteiger partial charge in [-0.2, -0.15) is 0 Å². The molecule has 1 atom stereocenters. The molecule has 1 fully saturated rings. The number of hydrogen-bond acceptors (Lipinski definition) is 3. The average molecular weight is 295 g/mol. The molecule has 0 aliphatic carbocycles. The Labute approximate surface area is 124 Å². The van der Waals surface area contributed by atoms with E-state index < -0.39 is 5.82 Å². The molecule has 1 heterocycles. The summed E-state index contributed by atoms with van der Waals surface area (Å²) in [4.78, 5) is 4.41. The highest BCUT2D eigenvalue weighted by Gasteiger charge is 2.15. The number of phenols is 1. The molecule has 1 aliphatic heterocycles. The van der Waals surface area contributed by atoms with Crippen molar-refractivity contribution >= 4 is 5.96 Å². The second kappa shape index (κ2) is 7.83. The van der Waals surface area contributed by atoms with Crippen LogP contribution in [-0.2, 0) is 11.3 Å². The number of aliphatic imine (C=N–C) groups is 1. The second-order valence-corrected chi connectivity index (χ2v) is 5.00. The lowest BCUT2D eigenvalue weighted by molar-refractivity contribution is 0.114. The van der Waals surface area contributed by atoms with E-state index in [9.17, 15) is 4.39 Å². The molecule has 116 valence electrons. The van der Waals surface area contributed by atoms with Gasteiger partial charge >= 0.3 is 0 Å². The summed E-state index contributed by atoms with van der Waals surface area (Å²) >= 11 is 0. The van der Waals surface area contributed by atoms with E-state index >= 15 is 0 Å². The standard InChI is InChI=1S/C15H22FN3O2/c1-2-17-15(19-10-12-4-3-7-21-12)18-9-11-5-6-14(20)13(16)8-11/h5-6,8,12,20H,2-4,7,9-10H2,1H3,(H2,17,18,19). The minimum absolute atomic E-state index is 0.236. The zero-order valence-electron chi connectivity index (χ0n) is 12.2. The first-order valence-electron chi connectivity index (χ1n) is 7.30. The first-order chi connectivity index (χ1) is 10.2. The molecule has 0 spiro atoms. The second-order valence-electron chi connectivity index (χ2n) is 5.00. The van der Waals surface area contributed by atoms with Gasteiger partial charge in [-0.15, -0.1) is 0 Å². The summed E-state index contributed by atoms with van der Waals surface area (Å²) in [5.74, 6) is -0.285. The minimum Gasteiger partial charge on any atom is -0.505 e. The van der Waals surface area contributed by atoms with Crippen molar-refractivity contribution in [3.63, 3.8) is 0 Å². The van der Waals surface area contributed by atoms with Crippen molar-refractivity contribution in [2.45, 2.75) is 32.4 Å². The Kier molecular flexibility index (Phi) is 5.80. The quantitative estimate of drug-likeness (QED) is 0.572. The smallest absolute Gasteiger partial charge is 0.191 e. The summed E-state index contributed by atoms with van der Waals surface area (Å²) in [6.07, 6.45) is 2.41. The van der Waals surface area contributed by atoms with Gasteiger partial charge in [0.1, 0.15) is 0 Å². The third-order valence-corrected chi connectivity index (χ3v) is 3.30. The summed E-state index contributed by atoms with van der Waals surface area (Å²) in [5, 5.41) is 15.5. The maximum Gasteiger partial charge on any atom is 0.191 e. The Bertz CT molecular complexity index is 488. The molecule has 0 bridgehead atoms. The zero-order chi connectivity index (χ0) is 15.1. The van der Waals surface area contributed by atoms with Crippen molar-refractivity contribution in [2.24, 2.45) is 4.99 Å². The van der Waals surface area contributed by atoms with Gasteiger partial charge in [-0.1, -0.05) is 6.07 Å². The Morgan fingerprint density at radius 1 is 1.48 bits per heavy atom. The van der Waals surface area contributed by atoms with Crippen molar-refractivity contribution < 1.29 is 14.2 Å². The van der Waals surface area contributed by atoms with Gasteiger partial charge in [0, 0.05) is 19.7 Å². The zero-order valence-corrected chi connectivity index (χ0v) is 12.2. The highest BCUT2D eigenvalue weighted by Crippen LogP contribution is 2.16. The molecule has 1 aromatic rings. The average Bonchev–Trinajstić information content (AvgIpc) is 2.99. The fourth-order valence-electron chi connectivity index (χ4n) is 2.18. The normalized spacial score (nSPS) is 18.8. The molecule has 0 saturated carbocycles.